The van der Waals surface area contributed by atoms with E-state index in [-0.39, 0.29) is 29.4 Å². The van der Waals surface area contributed by atoms with E-state index in [4.69, 9.17) is 9.73 Å². The molecule has 1 aromatic rings. The predicted octanol–water partition coefficient (Wildman–Crippen LogP) is 3.58. The topological polar surface area (TPSA) is 36.9 Å². The van der Waals surface area contributed by atoms with Crippen LogP contribution in [0.1, 0.15) is 32.8 Å². The summed E-state index contributed by atoms with van der Waals surface area (Å²) in [6.45, 7) is 9.30. The van der Waals surface area contributed by atoms with Crippen molar-refractivity contribution >= 4 is 41.3 Å². The zero-order valence-corrected chi connectivity index (χ0v) is 17.6. The number of fused-ring (bicyclic) bond motifs is 1. The molecule has 1 saturated heterocycles. The molecule has 1 aliphatic carbocycles. The lowest BCUT2D eigenvalue weighted by Crippen LogP contribution is -2.67. The third-order valence-corrected chi connectivity index (χ3v) is 5.79. The number of ether oxygens (including phenoxy) is 1. The van der Waals surface area contributed by atoms with Crippen molar-refractivity contribution in [2.24, 2.45) is 16.3 Å². The molecule has 3 rings (SSSR count). The molecule has 0 radical (unpaired) electrons. The van der Waals surface area contributed by atoms with Crippen LogP contribution in [0.5, 0.6) is 0 Å². The summed E-state index contributed by atoms with van der Waals surface area (Å²) in [7, 11) is 2.12. The molecule has 1 N–H and O–H groups in total. The summed E-state index contributed by atoms with van der Waals surface area (Å²) in [6, 6.07) is 2.63. The van der Waals surface area contributed by atoms with Gasteiger partial charge in [0.1, 0.15) is 0 Å². The van der Waals surface area contributed by atoms with E-state index in [2.05, 4.69) is 54.9 Å². The molecule has 1 aliphatic heterocycles. The summed E-state index contributed by atoms with van der Waals surface area (Å²) in [5, 5.41) is 8.06. The summed E-state index contributed by atoms with van der Waals surface area (Å²) < 4.78 is 5.89. The number of aliphatic imine (C=N–C) groups is 1. The van der Waals surface area contributed by atoms with Crippen molar-refractivity contribution in [3.8, 4) is 0 Å². The lowest BCUT2D eigenvalue weighted by molar-refractivity contribution is -0.107. The number of halogens is 1. The minimum atomic E-state index is 0. The van der Waals surface area contributed by atoms with Crippen LogP contribution in [0.25, 0.3) is 0 Å². The maximum Gasteiger partial charge on any atom is 0.194 e. The first-order valence-corrected chi connectivity index (χ1v) is 9.13. The molecule has 4 nitrogen and oxygen atoms in total. The summed E-state index contributed by atoms with van der Waals surface area (Å²) in [6.07, 6.45) is 1.58. The Morgan fingerprint density at radius 2 is 2.30 bits per heavy atom. The van der Waals surface area contributed by atoms with E-state index in [1.165, 1.54) is 12.0 Å². The molecular weight excluding hydrogens is 421 g/mol. The molecule has 6 heteroatoms. The molecule has 130 valence electrons. The van der Waals surface area contributed by atoms with Crippen LogP contribution in [0, 0.1) is 11.3 Å². The van der Waals surface area contributed by atoms with Gasteiger partial charge in [0.05, 0.1) is 6.10 Å². The molecule has 3 atom stereocenters. The average Bonchev–Trinajstić information content (AvgIpc) is 3.13. The molecule has 0 aromatic carbocycles. The molecular formula is C17H28IN3OS. The number of hydrogen-bond donors (Lipinski definition) is 1. The van der Waals surface area contributed by atoms with Gasteiger partial charge in [0.15, 0.2) is 5.96 Å². The minimum Gasteiger partial charge on any atom is -0.377 e. The Kier molecular flexibility index (Phi) is 6.35. The third kappa shape index (κ3) is 3.69. The molecule has 0 amide bonds. The minimum absolute atomic E-state index is 0. The zero-order chi connectivity index (χ0) is 15.7. The van der Waals surface area contributed by atoms with Crippen molar-refractivity contribution in [2.45, 2.75) is 45.9 Å². The van der Waals surface area contributed by atoms with Crippen molar-refractivity contribution in [1.82, 2.24) is 10.2 Å². The second-order valence-electron chi connectivity index (χ2n) is 6.97. The highest BCUT2D eigenvalue weighted by Gasteiger charge is 2.59. The van der Waals surface area contributed by atoms with E-state index >= 15 is 0 Å². The van der Waals surface area contributed by atoms with E-state index in [9.17, 15) is 0 Å². The van der Waals surface area contributed by atoms with Gasteiger partial charge in [-0.2, -0.15) is 11.3 Å². The molecule has 2 heterocycles. The van der Waals surface area contributed by atoms with Crippen molar-refractivity contribution in [2.75, 3.05) is 20.2 Å². The second kappa shape index (κ2) is 7.70. The van der Waals surface area contributed by atoms with Crippen LogP contribution < -0.4 is 5.32 Å². The van der Waals surface area contributed by atoms with Crippen molar-refractivity contribution in [1.29, 1.82) is 0 Å². The number of nitrogens with zero attached hydrogens (tertiary/aromatic N) is 2. The van der Waals surface area contributed by atoms with Crippen LogP contribution in [0.4, 0.5) is 0 Å². The van der Waals surface area contributed by atoms with Crippen molar-refractivity contribution < 1.29 is 4.74 Å². The number of rotatable bonds is 4. The van der Waals surface area contributed by atoms with Gasteiger partial charge in [-0.25, -0.2) is 0 Å². The van der Waals surface area contributed by atoms with Crippen LogP contribution in [0.3, 0.4) is 0 Å². The highest BCUT2D eigenvalue weighted by molar-refractivity contribution is 14.0. The van der Waals surface area contributed by atoms with Crippen LogP contribution in [0.2, 0.25) is 0 Å². The number of nitrogens with one attached hydrogen (secondary N) is 1. The zero-order valence-electron chi connectivity index (χ0n) is 14.4. The SMILES string of the molecule is CCN=C(NC1C2CCOC2C1(C)C)N(C)Cc1ccsc1.I. The lowest BCUT2D eigenvalue weighted by Gasteiger charge is -2.55. The van der Waals surface area contributed by atoms with Crippen LogP contribution >= 0.6 is 35.3 Å². The Morgan fingerprint density at radius 1 is 1.52 bits per heavy atom. The molecule has 2 aliphatic rings. The van der Waals surface area contributed by atoms with Gasteiger partial charge in [-0.3, -0.25) is 4.99 Å². The maximum atomic E-state index is 5.89. The molecule has 3 unspecified atom stereocenters. The lowest BCUT2D eigenvalue weighted by atomic mass is 9.57. The predicted molar refractivity (Wildman–Crippen MR) is 108 cm³/mol. The molecule has 0 spiro atoms. The highest BCUT2D eigenvalue weighted by Crippen LogP contribution is 2.52. The van der Waals surface area contributed by atoms with Crippen LogP contribution in [0.15, 0.2) is 21.8 Å². The third-order valence-electron chi connectivity index (χ3n) is 5.05. The molecule has 23 heavy (non-hydrogen) atoms. The largest absolute Gasteiger partial charge is 0.377 e. The van der Waals surface area contributed by atoms with Gasteiger partial charge in [-0.1, -0.05) is 13.8 Å². The molecule has 2 fully saturated rings. The van der Waals surface area contributed by atoms with E-state index in [0.29, 0.717) is 18.1 Å². The Morgan fingerprint density at radius 3 is 2.96 bits per heavy atom. The van der Waals surface area contributed by atoms with Crippen LogP contribution in [-0.4, -0.2) is 43.2 Å². The molecule has 1 saturated carbocycles. The number of thiophene rings is 1. The van der Waals surface area contributed by atoms with Gasteiger partial charge >= 0.3 is 0 Å². The van der Waals surface area contributed by atoms with Gasteiger partial charge in [-0.05, 0) is 35.7 Å². The average molecular weight is 449 g/mol. The first-order valence-electron chi connectivity index (χ1n) is 8.18. The Balaban J connectivity index is 0.00000192. The van der Waals surface area contributed by atoms with Crippen molar-refractivity contribution in [3.63, 3.8) is 0 Å². The first-order chi connectivity index (χ1) is 10.5. The van der Waals surface area contributed by atoms with Gasteiger partial charge in [-0.15, -0.1) is 24.0 Å². The smallest absolute Gasteiger partial charge is 0.194 e. The highest BCUT2D eigenvalue weighted by atomic mass is 127. The maximum absolute atomic E-state index is 5.89. The van der Waals surface area contributed by atoms with Gasteiger partial charge in [0.2, 0.25) is 0 Å². The second-order valence-corrected chi connectivity index (χ2v) is 7.75. The van der Waals surface area contributed by atoms with E-state index in [0.717, 1.165) is 25.7 Å². The normalized spacial score (nSPS) is 28.5. The van der Waals surface area contributed by atoms with Crippen molar-refractivity contribution in [3.05, 3.63) is 22.4 Å². The summed E-state index contributed by atoms with van der Waals surface area (Å²) >= 11 is 1.75. The van der Waals surface area contributed by atoms with Crippen LogP contribution in [-0.2, 0) is 11.3 Å². The fraction of sp³-hybridized carbons (Fsp3) is 0.706. The summed E-state index contributed by atoms with van der Waals surface area (Å²) in [5.74, 6) is 1.64. The van der Waals surface area contributed by atoms with E-state index < -0.39 is 0 Å². The quantitative estimate of drug-likeness (QED) is 0.434. The Labute approximate surface area is 160 Å². The fourth-order valence-corrected chi connectivity index (χ4v) is 4.57. The monoisotopic (exact) mass is 449 g/mol. The fourth-order valence-electron chi connectivity index (χ4n) is 3.91. The number of guanidine groups is 1. The first kappa shape index (κ1) is 19.0. The van der Waals surface area contributed by atoms with E-state index in [1.807, 2.05) is 0 Å². The van der Waals surface area contributed by atoms with Gasteiger partial charge in [0.25, 0.3) is 0 Å². The van der Waals surface area contributed by atoms with Gasteiger partial charge in [0, 0.05) is 44.1 Å². The summed E-state index contributed by atoms with van der Waals surface area (Å²) in [5.41, 5.74) is 1.52. The molecule has 0 bridgehead atoms. The Hall–Kier alpha value is -0.340. The number of hydrogen-bond acceptors (Lipinski definition) is 3. The Bertz CT molecular complexity index is 532. The standard InChI is InChI=1S/C17H27N3OS.HI/c1-5-18-16(20(4)10-12-7-9-22-11-12)19-14-13-6-8-21-15(13)17(14,2)3;/h7,9,11,13-15H,5-6,8,10H2,1-4H3,(H,18,19);1H. The van der Waals surface area contributed by atoms with Gasteiger partial charge < -0.3 is 15.0 Å². The van der Waals surface area contributed by atoms with E-state index in [1.54, 1.807) is 11.3 Å². The molecule has 1 aromatic heterocycles. The summed E-state index contributed by atoms with van der Waals surface area (Å²) in [4.78, 5) is 6.93.